The first kappa shape index (κ1) is 22.6. The van der Waals surface area contributed by atoms with Crippen molar-refractivity contribution in [1.82, 2.24) is 10.3 Å². The summed E-state index contributed by atoms with van der Waals surface area (Å²) in [6.07, 6.45) is 0.144. The van der Waals surface area contributed by atoms with Crippen LogP contribution in [0.5, 0.6) is 0 Å². The average Bonchev–Trinajstić information content (AvgIpc) is 3.40. The van der Waals surface area contributed by atoms with Crippen LogP contribution in [-0.4, -0.2) is 29.9 Å². The van der Waals surface area contributed by atoms with Crippen LogP contribution in [0.4, 0.5) is 9.52 Å². The zero-order chi connectivity index (χ0) is 22.2. The molecule has 0 saturated heterocycles. The molecule has 3 rings (SSSR count). The highest BCUT2D eigenvalue weighted by Crippen LogP contribution is 2.20. The number of amides is 2. The fraction of sp³-hybridized carbons (Fsp3) is 0.238. The van der Waals surface area contributed by atoms with Gasteiger partial charge in [-0.05, 0) is 29.1 Å². The van der Waals surface area contributed by atoms with Gasteiger partial charge in [-0.3, -0.25) is 14.4 Å². The number of anilines is 1. The molecule has 0 fully saturated rings. The fourth-order valence-corrected chi connectivity index (χ4v) is 4.22. The molecular weight excluding hydrogens is 441 g/mol. The van der Waals surface area contributed by atoms with Crippen LogP contribution in [-0.2, 0) is 32.0 Å². The zero-order valence-corrected chi connectivity index (χ0v) is 18.2. The summed E-state index contributed by atoms with van der Waals surface area (Å²) in [7, 11) is 1.26. The Labute approximate surface area is 186 Å². The first-order valence-corrected chi connectivity index (χ1v) is 11.1. The third-order valence-electron chi connectivity index (χ3n) is 4.26. The van der Waals surface area contributed by atoms with E-state index in [2.05, 4.69) is 20.4 Å². The second-order valence-electron chi connectivity index (χ2n) is 6.58. The van der Waals surface area contributed by atoms with Crippen LogP contribution < -0.4 is 10.6 Å². The van der Waals surface area contributed by atoms with Gasteiger partial charge in [0, 0.05) is 10.3 Å². The van der Waals surface area contributed by atoms with Gasteiger partial charge in [0.05, 0.1) is 38.1 Å². The largest absolute Gasteiger partial charge is 0.469 e. The maximum Gasteiger partial charge on any atom is 0.307 e. The molecular formula is C21H20FN3O4S2. The highest BCUT2D eigenvalue weighted by Gasteiger charge is 2.20. The van der Waals surface area contributed by atoms with Crippen molar-refractivity contribution in [3.8, 4) is 0 Å². The summed E-state index contributed by atoms with van der Waals surface area (Å²) in [4.78, 5) is 41.5. The summed E-state index contributed by atoms with van der Waals surface area (Å²) < 4.78 is 17.9. The Bertz CT molecular complexity index is 1040. The molecule has 1 aromatic carbocycles. The molecule has 0 aliphatic heterocycles. The Morgan fingerprint density at radius 2 is 1.87 bits per heavy atom. The highest BCUT2D eigenvalue weighted by atomic mass is 32.1. The Morgan fingerprint density at radius 1 is 1.10 bits per heavy atom. The monoisotopic (exact) mass is 461 g/mol. The van der Waals surface area contributed by atoms with E-state index in [1.54, 1.807) is 5.38 Å². The summed E-state index contributed by atoms with van der Waals surface area (Å²) >= 11 is 2.73. The van der Waals surface area contributed by atoms with Gasteiger partial charge in [-0.25, -0.2) is 9.37 Å². The van der Waals surface area contributed by atoms with Gasteiger partial charge in [0.2, 0.25) is 11.8 Å². The van der Waals surface area contributed by atoms with Crippen molar-refractivity contribution in [3.05, 3.63) is 69.1 Å². The van der Waals surface area contributed by atoms with Crippen molar-refractivity contribution in [2.24, 2.45) is 0 Å². The van der Waals surface area contributed by atoms with Gasteiger partial charge in [0.25, 0.3) is 0 Å². The second kappa shape index (κ2) is 10.8. The number of carbonyl (C=O) groups is 3. The van der Waals surface area contributed by atoms with Gasteiger partial charge in [0.15, 0.2) is 5.13 Å². The molecule has 7 nitrogen and oxygen atoms in total. The first-order chi connectivity index (χ1) is 14.9. The van der Waals surface area contributed by atoms with E-state index in [-0.39, 0.29) is 31.1 Å². The number of thiazole rings is 1. The Balaban J connectivity index is 1.58. The molecule has 0 saturated carbocycles. The van der Waals surface area contributed by atoms with Gasteiger partial charge >= 0.3 is 5.97 Å². The number of rotatable bonds is 9. The summed E-state index contributed by atoms with van der Waals surface area (Å²) in [5.41, 5.74) is 1.07. The smallest absolute Gasteiger partial charge is 0.307 e. The highest BCUT2D eigenvalue weighted by molar-refractivity contribution is 7.14. The summed E-state index contributed by atoms with van der Waals surface area (Å²) in [6, 6.07) is 8.64. The molecule has 3 aromatic rings. The number of carbonyl (C=O) groups excluding carboxylic acids is 3. The minimum absolute atomic E-state index is 0.0316. The number of nitrogens with zero attached hydrogens (tertiary/aromatic N) is 1. The van der Waals surface area contributed by atoms with Crippen LogP contribution in [0.3, 0.4) is 0 Å². The number of benzene rings is 1. The lowest BCUT2D eigenvalue weighted by Crippen LogP contribution is -2.31. The molecule has 0 aliphatic rings. The SMILES string of the molecule is COC(=O)CC(NC(=O)Cc1csc(NC(=O)Cc2cccs2)n1)c1ccc(F)cc1. The molecule has 31 heavy (non-hydrogen) atoms. The maximum atomic E-state index is 13.2. The number of aromatic nitrogens is 1. The van der Waals surface area contributed by atoms with Gasteiger partial charge in [-0.2, -0.15) is 0 Å². The summed E-state index contributed by atoms with van der Waals surface area (Å²) in [5.74, 6) is -1.45. The van der Waals surface area contributed by atoms with Crippen LogP contribution in [0, 0.1) is 5.82 Å². The van der Waals surface area contributed by atoms with E-state index in [0.717, 1.165) is 4.88 Å². The Morgan fingerprint density at radius 3 is 2.55 bits per heavy atom. The van der Waals surface area contributed by atoms with Crippen molar-refractivity contribution >= 4 is 45.6 Å². The van der Waals surface area contributed by atoms with Crippen molar-refractivity contribution < 1.29 is 23.5 Å². The maximum absolute atomic E-state index is 13.2. The molecule has 2 heterocycles. The quantitative estimate of drug-likeness (QED) is 0.476. The third kappa shape index (κ3) is 6.97. The van der Waals surface area contributed by atoms with Gasteiger partial charge in [-0.1, -0.05) is 18.2 Å². The molecule has 1 atom stereocenters. The van der Waals surface area contributed by atoms with Crippen LogP contribution in [0.2, 0.25) is 0 Å². The number of ether oxygens (including phenoxy) is 1. The van der Waals surface area contributed by atoms with E-state index in [9.17, 15) is 18.8 Å². The number of hydrogen-bond acceptors (Lipinski definition) is 7. The van der Waals surface area contributed by atoms with Gasteiger partial charge < -0.3 is 15.4 Å². The van der Waals surface area contributed by atoms with Gasteiger partial charge in [-0.15, -0.1) is 22.7 Å². The fourth-order valence-electron chi connectivity index (χ4n) is 2.79. The van der Waals surface area contributed by atoms with Crippen molar-refractivity contribution in [2.75, 3.05) is 12.4 Å². The molecule has 2 aromatic heterocycles. The molecule has 162 valence electrons. The van der Waals surface area contributed by atoms with E-state index < -0.39 is 17.8 Å². The van der Waals surface area contributed by atoms with E-state index in [1.807, 2.05) is 17.5 Å². The minimum atomic E-state index is -0.663. The molecule has 2 N–H and O–H groups in total. The van der Waals surface area contributed by atoms with E-state index in [1.165, 1.54) is 54.0 Å². The number of methoxy groups -OCH3 is 1. The van der Waals surface area contributed by atoms with Gasteiger partial charge in [0.1, 0.15) is 5.82 Å². The molecule has 0 spiro atoms. The van der Waals surface area contributed by atoms with Crippen LogP contribution in [0.25, 0.3) is 0 Å². The number of halogens is 1. The second-order valence-corrected chi connectivity index (χ2v) is 8.47. The third-order valence-corrected chi connectivity index (χ3v) is 5.94. The standard InChI is InChI=1S/C21H20FN3O4S2/c1-29-20(28)11-17(13-4-6-14(22)7-5-13)24-18(26)9-15-12-31-21(23-15)25-19(27)10-16-3-2-8-30-16/h2-8,12,17H,9-11H2,1H3,(H,24,26)(H,23,25,27). The molecule has 0 bridgehead atoms. The Hall–Kier alpha value is -3.11. The topological polar surface area (TPSA) is 97.4 Å². The average molecular weight is 462 g/mol. The van der Waals surface area contributed by atoms with Crippen LogP contribution in [0.1, 0.15) is 28.6 Å². The van der Waals surface area contributed by atoms with Crippen molar-refractivity contribution in [3.63, 3.8) is 0 Å². The normalized spacial score (nSPS) is 11.5. The molecule has 0 radical (unpaired) electrons. The molecule has 0 aliphatic carbocycles. The lowest BCUT2D eigenvalue weighted by molar-refractivity contribution is -0.141. The van der Waals surface area contributed by atoms with Crippen molar-refractivity contribution in [1.29, 1.82) is 0 Å². The molecule has 10 heteroatoms. The number of nitrogens with one attached hydrogen (secondary N) is 2. The minimum Gasteiger partial charge on any atom is -0.469 e. The number of thiophene rings is 1. The molecule has 2 amide bonds. The predicted octanol–water partition coefficient (Wildman–Crippen LogP) is 3.49. The number of hydrogen-bond donors (Lipinski definition) is 2. The number of esters is 1. The van der Waals surface area contributed by atoms with E-state index in [4.69, 9.17) is 0 Å². The first-order valence-electron chi connectivity index (χ1n) is 9.31. The summed E-state index contributed by atoms with van der Waals surface area (Å²) in [5, 5.41) is 9.49. The van der Waals surface area contributed by atoms with Crippen LogP contribution >= 0.6 is 22.7 Å². The zero-order valence-electron chi connectivity index (χ0n) is 16.6. The summed E-state index contributed by atoms with van der Waals surface area (Å²) in [6.45, 7) is 0. The molecule has 1 unspecified atom stereocenters. The van der Waals surface area contributed by atoms with E-state index >= 15 is 0 Å². The predicted molar refractivity (Wildman–Crippen MR) is 116 cm³/mol. The van der Waals surface area contributed by atoms with Crippen LogP contribution in [0.15, 0.2) is 47.2 Å². The lowest BCUT2D eigenvalue weighted by atomic mass is 10.0. The van der Waals surface area contributed by atoms with Crippen molar-refractivity contribution in [2.45, 2.75) is 25.3 Å². The lowest BCUT2D eigenvalue weighted by Gasteiger charge is -2.18. The Kier molecular flexibility index (Phi) is 7.85. The van der Waals surface area contributed by atoms with E-state index in [0.29, 0.717) is 16.4 Å².